The van der Waals surface area contributed by atoms with Crippen LogP contribution in [-0.2, 0) is 0 Å². The lowest BCUT2D eigenvalue weighted by Gasteiger charge is -2.38. The van der Waals surface area contributed by atoms with Crippen molar-refractivity contribution in [3.8, 4) is 0 Å². The van der Waals surface area contributed by atoms with Crippen LogP contribution >= 0.6 is 0 Å². The van der Waals surface area contributed by atoms with E-state index >= 15 is 0 Å². The molecule has 4 rings (SSSR count). The van der Waals surface area contributed by atoms with E-state index in [0.29, 0.717) is 0 Å². The van der Waals surface area contributed by atoms with Gasteiger partial charge in [0.1, 0.15) is 0 Å². The highest BCUT2D eigenvalue weighted by Gasteiger charge is 2.30. The van der Waals surface area contributed by atoms with Gasteiger partial charge in [0.15, 0.2) is 11.7 Å². The Kier molecular flexibility index (Phi) is 3.98. The molecule has 6 nitrogen and oxygen atoms in total. The number of aliphatic imine (C=N–C) groups is 2. The topological polar surface area (TPSA) is 47.6 Å². The van der Waals surface area contributed by atoms with Crippen molar-refractivity contribution in [2.45, 2.75) is 19.4 Å². The fourth-order valence-electron chi connectivity index (χ4n) is 3.22. The third-order valence-electron chi connectivity index (χ3n) is 4.69. The first-order valence-electron chi connectivity index (χ1n) is 8.50. The molecule has 1 aromatic rings. The minimum absolute atomic E-state index is 0.252. The van der Waals surface area contributed by atoms with Gasteiger partial charge in [0.25, 0.3) is 0 Å². The smallest absolute Gasteiger partial charge is 0.176 e. The number of hydrogen-bond acceptors (Lipinski definition) is 6. The Balaban J connectivity index is 1.74. The maximum absolute atomic E-state index is 5.26. The van der Waals surface area contributed by atoms with Crippen LogP contribution in [0.3, 0.4) is 0 Å². The van der Waals surface area contributed by atoms with Gasteiger partial charge in [-0.25, -0.2) is 4.99 Å². The van der Waals surface area contributed by atoms with Gasteiger partial charge in [-0.2, -0.15) is 0 Å². The Morgan fingerprint density at radius 3 is 2.75 bits per heavy atom. The quantitative estimate of drug-likeness (QED) is 0.794. The molecule has 1 atom stereocenters. The van der Waals surface area contributed by atoms with E-state index in [1.807, 2.05) is 12.3 Å². The first kappa shape index (κ1) is 15.2. The van der Waals surface area contributed by atoms with Crippen LogP contribution in [0.4, 0.5) is 0 Å². The number of fused-ring (bicyclic) bond motifs is 1. The largest absolute Gasteiger partial charge is 0.472 e. The van der Waals surface area contributed by atoms with E-state index < -0.39 is 0 Å². The van der Waals surface area contributed by atoms with Gasteiger partial charge in [-0.3, -0.25) is 9.89 Å². The Labute approximate surface area is 142 Å². The zero-order valence-corrected chi connectivity index (χ0v) is 14.2. The Bertz CT molecular complexity index is 708. The maximum atomic E-state index is 5.26. The summed E-state index contributed by atoms with van der Waals surface area (Å²) in [5.41, 5.74) is 2.02. The van der Waals surface area contributed by atoms with Crippen molar-refractivity contribution in [2.75, 3.05) is 33.2 Å². The molecule has 1 fully saturated rings. The van der Waals surface area contributed by atoms with Crippen molar-refractivity contribution in [1.82, 2.24) is 14.7 Å². The van der Waals surface area contributed by atoms with E-state index in [9.17, 15) is 0 Å². The summed E-state index contributed by atoms with van der Waals surface area (Å²) in [5.74, 6) is 1.92. The van der Waals surface area contributed by atoms with Crippen LogP contribution in [0, 0.1) is 0 Å². The van der Waals surface area contributed by atoms with Gasteiger partial charge < -0.3 is 14.2 Å². The average molecular weight is 325 g/mol. The minimum Gasteiger partial charge on any atom is -0.472 e. The third-order valence-corrected chi connectivity index (χ3v) is 4.69. The molecule has 1 unspecified atom stereocenters. The fraction of sp³-hybridized carbons (Fsp3) is 0.444. The Hall–Kier alpha value is -2.34. The van der Waals surface area contributed by atoms with Crippen molar-refractivity contribution < 1.29 is 4.42 Å². The highest BCUT2D eigenvalue weighted by Crippen LogP contribution is 2.27. The van der Waals surface area contributed by atoms with E-state index in [1.165, 1.54) is 0 Å². The second kappa shape index (κ2) is 6.28. The number of piperazine rings is 1. The molecule has 0 aromatic carbocycles. The number of furan rings is 1. The number of likely N-dealkylation sites (N-methyl/N-ethyl adjacent to an activating group) is 1. The van der Waals surface area contributed by atoms with Gasteiger partial charge in [0, 0.05) is 37.9 Å². The molecule has 0 N–H and O–H groups in total. The van der Waals surface area contributed by atoms with Crippen LogP contribution in [-0.4, -0.2) is 65.6 Å². The molecule has 1 saturated heterocycles. The molecule has 0 saturated carbocycles. The molecule has 24 heavy (non-hydrogen) atoms. The van der Waals surface area contributed by atoms with Crippen LogP contribution in [0.2, 0.25) is 0 Å². The lowest BCUT2D eigenvalue weighted by atomic mass is 10.2. The van der Waals surface area contributed by atoms with E-state index in [0.717, 1.165) is 55.5 Å². The highest BCUT2D eigenvalue weighted by molar-refractivity contribution is 6.42. The summed E-state index contributed by atoms with van der Waals surface area (Å²) >= 11 is 0. The zero-order valence-electron chi connectivity index (χ0n) is 14.2. The first-order valence-corrected chi connectivity index (χ1v) is 8.50. The lowest BCUT2D eigenvalue weighted by molar-refractivity contribution is 0.216. The monoisotopic (exact) mass is 325 g/mol. The van der Waals surface area contributed by atoms with Crippen molar-refractivity contribution in [3.05, 3.63) is 42.6 Å². The number of rotatable bonds is 1. The number of hydrogen-bond donors (Lipinski definition) is 0. The summed E-state index contributed by atoms with van der Waals surface area (Å²) in [5, 5.41) is 0. The predicted molar refractivity (Wildman–Crippen MR) is 95.7 cm³/mol. The van der Waals surface area contributed by atoms with Crippen molar-refractivity contribution in [2.24, 2.45) is 9.98 Å². The van der Waals surface area contributed by atoms with E-state index in [4.69, 9.17) is 14.4 Å². The summed E-state index contributed by atoms with van der Waals surface area (Å²) in [7, 11) is 2.16. The molecule has 0 radical (unpaired) electrons. The van der Waals surface area contributed by atoms with Crippen LogP contribution < -0.4 is 0 Å². The van der Waals surface area contributed by atoms with Gasteiger partial charge >= 0.3 is 0 Å². The third kappa shape index (κ3) is 2.78. The molecule has 3 aliphatic rings. The summed E-state index contributed by atoms with van der Waals surface area (Å²) in [6, 6.07) is 2.21. The predicted octanol–water partition coefficient (Wildman–Crippen LogP) is 2.24. The summed E-state index contributed by atoms with van der Waals surface area (Å²) in [6.45, 7) is 6.22. The Morgan fingerprint density at radius 1 is 1.17 bits per heavy atom. The molecule has 6 heteroatoms. The van der Waals surface area contributed by atoms with Gasteiger partial charge in [-0.1, -0.05) is 6.08 Å². The van der Waals surface area contributed by atoms with Crippen LogP contribution in [0.25, 0.3) is 5.70 Å². The number of nitrogens with zero attached hydrogens (tertiary/aromatic N) is 5. The molecule has 0 bridgehead atoms. The van der Waals surface area contributed by atoms with Crippen molar-refractivity contribution in [3.63, 3.8) is 0 Å². The molecule has 126 valence electrons. The lowest BCUT2D eigenvalue weighted by Crippen LogP contribution is -2.52. The molecule has 1 aromatic heterocycles. The molecule has 0 spiro atoms. The van der Waals surface area contributed by atoms with Gasteiger partial charge in [-0.15, -0.1) is 0 Å². The first-order chi connectivity index (χ1) is 11.7. The summed E-state index contributed by atoms with van der Waals surface area (Å²) in [4.78, 5) is 16.6. The number of amidine groups is 2. The van der Waals surface area contributed by atoms with E-state index in [-0.39, 0.29) is 6.04 Å². The SMILES string of the molecule is CC1CC=CN2C(c3ccoc3)=CN=C(N3CCN(C)CC3)C2=N1. The van der Waals surface area contributed by atoms with E-state index in [2.05, 4.69) is 40.9 Å². The Morgan fingerprint density at radius 2 is 2.00 bits per heavy atom. The molecular formula is C18H23N5O. The summed E-state index contributed by atoms with van der Waals surface area (Å²) in [6.07, 6.45) is 10.6. The molecule has 4 heterocycles. The molecule has 3 aliphatic heterocycles. The molecule has 0 aliphatic carbocycles. The van der Waals surface area contributed by atoms with Gasteiger partial charge in [0.05, 0.1) is 30.5 Å². The molecule has 0 amide bonds. The standard InChI is InChI=1S/C18H23N5O/c1-14-4-3-6-23-16(15-5-11-24-13-15)12-19-17(18(23)20-14)22-9-7-21(2)8-10-22/h3,5-6,11-14H,4,7-10H2,1-2H3. The van der Waals surface area contributed by atoms with Crippen LogP contribution in [0.5, 0.6) is 0 Å². The van der Waals surface area contributed by atoms with Gasteiger partial charge in [0.2, 0.25) is 0 Å². The average Bonchev–Trinajstić information content (AvgIpc) is 3.04. The van der Waals surface area contributed by atoms with Gasteiger partial charge in [-0.05, 0) is 26.5 Å². The second-order valence-electron chi connectivity index (χ2n) is 6.56. The summed E-state index contributed by atoms with van der Waals surface area (Å²) < 4.78 is 5.26. The highest BCUT2D eigenvalue weighted by atomic mass is 16.3. The normalized spacial score (nSPS) is 24.9. The van der Waals surface area contributed by atoms with E-state index in [1.54, 1.807) is 12.5 Å². The fourth-order valence-corrected chi connectivity index (χ4v) is 3.22. The van der Waals surface area contributed by atoms with Crippen molar-refractivity contribution in [1.29, 1.82) is 0 Å². The van der Waals surface area contributed by atoms with Crippen LogP contribution in [0.1, 0.15) is 18.9 Å². The van der Waals surface area contributed by atoms with Crippen molar-refractivity contribution >= 4 is 17.4 Å². The zero-order chi connectivity index (χ0) is 16.5. The van der Waals surface area contributed by atoms with Crippen LogP contribution in [0.15, 0.2) is 51.5 Å². The maximum Gasteiger partial charge on any atom is 0.176 e. The second-order valence-corrected chi connectivity index (χ2v) is 6.56. The molecular weight excluding hydrogens is 302 g/mol. The minimum atomic E-state index is 0.252.